The lowest BCUT2D eigenvalue weighted by molar-refractivity contribution is 0.135. The average molecular weight is 259 g/mol. The minimum absolute atomic E-state index is 0.404. The predicted molar refractivity (Wildman–Crippen MR) is 75.8 cm³/mol. The molecule has 2 rings (SSSR count). The minimum Gasteiger partial charge on any atom is -0.384 e. The maximum atomic E-state index is 9.71. The third-order valence-electron chi connectivity index (χ3n) is 2.93. The van der Waals surface area contributed by atoms with E-state index in [1.54, 1.807) is 0 Å². The molecule has 5 nitrogen and oxygen atoms in total. The smallest absolute Gasteiger partial charge is 0.155 e. The Hall–Kier alpha value is -2.17. The Morgan fingerprint density at radius 1 is 1.16 bits per heavy atom. The number of para-hydroxylation sites is 1. The van der Waals surface area contributed by atoms with Crippen LogP contribution >= 0.6 is 0 Å². The zero-order valence-electron chi connectivity index (χ0n) is 10.7. The van der Waals surface area contributed by atoms with Crippen molar-refractivity contribution in [2.45, 2.75) is 19.3 Å². The molecule has 1 aromatic heterocycles. The second kappa shape index (κ2) is 7.31. The van der Waals surface area contributed by atoms with Crippen molar-refractivity contribution in [3.05, 3.63) is 41.4 Å². The molecule has 0 aliphatic heterocycles. The fraction of sp³-hybridized carbons (Fsp3) is 0.357. The Labute approximate surface area is 111 Å². The first kappa shape index (κ1) is 13.3. The molecule has 0 atom stereocenters. The summed E-state index contributed by atoms with van der Waals surface area (Å²) in [5, 5.41) is 6.91. The summed E-state index contributed by atoms with van der Waals surface area (Å²) in [6.07, 6.45) is 4.70. The van der Waals surface area contributed by atoms with Gasteiger partial charge >= 0.3 is 0 Å². The Morgan fingerprint density at radius 3 is 2.95 bits per heavy atom. The van der Waals surface area contributed by atoms with Crippen molar-refractivity contribution in [3.63, 3.8) is 0 Å². The van der Waals surface area contributed by atoms with Crippen LogP contribution in [-0.2, 0) is 4.84 Å². The van der Waals surface area contributed by atoms with Gasteiger partial charge in [-0.15, -0.1) is 4.91 Å². The van der Waals surface area contributed by atoms with Crippen LogP contribution in [0.15, 0.2) is 41.9 Å². The standard InChI is InChI=1S/C14H17N3O2/c18-17-19-11-5-1-4-9-15-14-8-10-16-13-7-3-2-6-12(13)14/h2-3,6-8,10H,1,4-5,9,11H2,(H,15,16). The first-order valence-corrected chi connectivity index (χ1v) is 6.44. The summed E-state index contributed by atoms with van der Waals surface area (Å²) in [5.74, 6) is 0. The van der Waals surface area contributed by atoms with Crippen molar-refractivity contribution < 1.29 is 4.84 Å². The number of benzene rings is 1. The molecule has 1 N–H and O–H groups in total. The van der Waals surface area contributed by atoms with Gasteiger partial charge in [-0.3, -0.25) is 4.98 Å². The highest BCUT2D eigenvalue weighted by molar-refractivity contribution is 5.90. The average Bonchev–Trinajstić information content (AvgIpc) is 2.46. The Morgan fingerprint density at radius 2 is 2.05 bits per heavy atom. The summed E-state index contributed by atoms with van der Waals surface area (Å²) in [6.45, 7) is 1.30. The van der Waals surface area contributed by atoms with Gasteiger partial charge in [-0.2, -0.15) is 0 Å². The van der Waals surface area contributed by atoms with E-state index in [0.29, 0.717) is 6.61 Å². The number of aromatic nitrogens is 1. The van der Waals surface area contributed by atoms with Crippen LogP contribution in [0.2, 0.25) is 0 Å². The molecule has 0 fully saturated rings. The Bertz CT molecular complexity index is 526. The number of rotatable bonds is 8. The van der Waals surface area contributed by atoms with Gasteiger partial charge in [-0.05, 0) is 31.4 Å². The summed E-state index contributed by atoms with van der Waals surface area (Å²) >= 11 is 0. The van der Waals surface area contributed by atoms with Crippen LogP contribution < -0.4 is 5.32 Å². The molecule has 0 radical (unpaired) electrons. The molecule has 0 amide bonds. The zero-order chi connectivity index (χ0) is 13.3. The monoisotopic (exact) mass is 259 g/mol. The van der Waals surface area contributed by atoms with Gasteiger partial charge in [-0.25, -0.2) is 0 Å². The lowest BCUT2D eigenvalue weighted by Crippen LogP contribution is -2.02. The van der Waals surface area contributed by atoms with E-state index in [1.165, 1.54) is 0 Å². The van der Waals surface area contributed by atoms with Crippen LogP contribution in [0, 0.1) is 4.91 Å². The molecule has 1 aromatic carbocycles. The van der Waals surface area contributed by atoms with Gasteiger partial charge in [0.05, 0.1) is 5.52 Å². The third-order valence-corrected chi connectivity index (χ3v) is 2.93. The van der Waals surface area contributed by atoms with Crippen molar-refractivity contribution in [3.8, 4) is 0 Å². The van der Waals surface area contributed by atoms with Gasteiger partial charge in [0.1, 0.15) is 6.61 Å². The van der Waals surface area contributed by atoms with E-state index in [4.69, 9.17) is 0 Å². The fourth-order valence-electron chi connectivity index (χ4n) is 1.98. The lowest BCUT2D eigenvalue weighted by atomic mass is 10.2. The van der Waals surface area contributed by atoms with Gasteiger partial charge in [0.2, 0.25) is 0 Å². The molecule has 19 heavy (non-hydrogen) atoms. The largest absolute Gasteiger partial charge is 0.384 e. The second-order valence-electron chi connectivity index (χ2n) is 4.27. The van der Waals surface area contributed by atoms with E-state index in [1.807, 2.05) is 30.5 Å². The lowest BCUT2D eigenvalue weighted by Gasteiger charge is -2.08. The number of pyridine rings is 1. The molecule has 0 aliphatic rings. The molecule has 0 spiro atoms. The SMILES string of the molecule is O=NOCCCCCNc1ccnc2ccccc12. The van der Waals surface area contributed by atoms with Crippen LogP contribution in [0.1, 0.15) is 19.3 Å². The molecule has 0 saturated heterocycles. The highest BCUT2D eigenvalue weighted by atomic mass is 16.7. The maximum Gasteiger partial charge on any atom is 0.155 e. The topological polar surface area (TPSA) is 63.6 Å². The number of unbranched alkanes of at least 4 members (excludes halogenated alkanes) is 2. The summed E-state index contributed by atoms with van der Waals surface area (Å²) in [4.78, 5) is 18.4. The molecule has 0 unspecified atom stereocenters. The molecule has 2 aromatic rings. The van der Waals surface area contributed by atoms with Crippen molar-refractivity contribution >= 4 is 16.6 Å². The molecular weight excluding hydrogens is 242 g/mol. The van der Waals surface area contributed by atoms with Gasteiger partial charge in [0.25, 0.3) is 0 Å². The summed E-state index contributed by atoms with van der Waals surface area (Å²) in [7, 11) is 0. The number of hydrogen-bond acceptors (Lipinski definition) is 5. The third kappa shape index (κ3) is 3.91. The second-order valence-corrected chi connectivity index (χ2v) is 4.27. The van der Waals surface area contributed by atoms with Crippen LogP contribution in [0.3, 0.4) is 0 Å². The summed E-state index contributed by atoms with van der Waals surface area (Å²) < 4.78 is 0. The molecular formula is C14H17N3O2. The van der Waals surface area contributed by atoms with Crippen molar-refractivity contribution in [2.24, 2.45) is 5.34 Å². The van der Waals surface area contributed by atoms with Crippen LogP contribution in [0.4, 0.5) is 5.69 Å². The molecule has 5 heteroatoms. The van der Waals surface area contributed by atoms with Crippen molar-refractivity contribution in [1.29, 1.82) is 0 Å². The number of hydrogen-bond donors (Lipinski definition) is 1. The van der Waals surface area contributed by atoms with Gasteiger partial charge in [0.15, 0.2) is 5.34 Å². The van der Waals surface area contributed by atoms with E-state index in [0.717, 1.165) is 42.4 Å². The number of nitrogens with zero attached hydrogens (tertiary/aromatic N) is 2. The zero-order valence-corrected chi connectivity index (χ0v) is 10.7. The highest BCUT2D eigenvalue weighted by Crippen LogP contribution is 2.20. The van der Waals surface area contributed by atoms with Crippen LogP contribution in [0.5, 0.6) is 0 Å². The number of anilines is 1. The highest BCUT2D eigenvalue weighted by Gasteiger charge is 1.99. The van der Waals surface area contributed by atoms with E-state index in [9.17, 15) is 4.91 Å². The molecule has 0 aliphatic carbocycles. The number of fused-ring (bicyclic) bond motifs is 1. The van der Waals surface area contributed by atoms with Crippen molar-refractivity contribution in [1.82, 2.24) is 4.98 Å². The molecule has 0 saturated carbocycles. The van der Waals surface area contributed by atoms with Crippen LogP contribution in [-0.4, -0.2) is 18.1 Å². The molecule has 1 heterocycles. The van der Waals surface area contributed by atoms with Gasteiger partial charge in [0, 0.05) is 23.8 Å². The Balaban J connectivity index is 1.80. The predicted octanol–water partition coefficient (Wildman–Crippen LogP) is 3.52. The normalized spacial score (nSPS) is 10.3. The maximum absolute atomic E-state index is 9.71. The van der Waals surface area contributed by atoms with E-state index >= 15 is 0 Å². The first-order chi connectivity index (χ1) is 9.42. The molecule has 100 valence electrons. The minimum atomic E-state index is 0.404. The number of nitrogens with one attached hydrogen (secondary N) is 1. The van der Waals surface area contributed by atoms with Crippen LogP contribution in [0.25, 0.3) is 10.9 Å². The van der Waals surface area contributed by atoms with Gasteiger partial charge < -0.3 is 10.2 Å². The Kier molecular flexibility index (Phi) is 5.10. The van der Waals surface area contributed by atoms with E-state index in [2.05, 4.69) is 26.5 Å². The van der Waals surface area contributed by atoms with Crippen molar-refractivity contribution in [2.75, 3.05) is 18.5 Å². The van der Waals surface area contributed by atoms with E-state index in [-0.39, 0.29) is 0 Å². The molecule has 0 bridgehead atoms. The quantitative estimate of drug-likeness (QED) is 0.447. The fourth-order valence-corrected chi connectivity index (χ4v) is 1.98. The first-order valence-electron chi connectivity index (χ1n) is 6.44. The summed E-state index contributed by atoms with van der Waals surface area (Å²) in [5.41, 5.74) is 2.11. The van der Waals surface area contributed by atoms with E-state index < -0.39 is 0 Å². The van der Waals surface area contributed by atoms with Gasteiger partial charge in [-0.1, -0.05) is 18.2 Å². The summed E-state index contributed by atoms with van der Waals surface area (Å²) in [6, 6.07) is 10.1.